The standard InChI is InChI=1S/C18H20N2O2/c1-12-10-19-9-8-14(12)11-20-18(22)16-7-6-13-4-2-3-5-15(13)17(16)21/h6-10,21H,2-5,11H2,1H3,(H,20,22). The minimum absolute atomic E-state index is 0.154. The van der Waals surface area contributed by atoms with Crippen molar-refractivity contribution < 1.29 is 9.90 Å². The van der Waals surface area contributed by atoms with Gasteiger partial charge < -0.3 is 10.4 Å². The van der Waals surface area contributed by atoms with Crippen molar-refractivity contribution >= 4 is 5.91 Å². The molecule has 1 amide bonds. The Morgan fingerprint density at radius 2 is 2.09 bits per heavy atom. The summed E-state index contributed by atoms with van der Waals surface area (Å²) in [6.45, 7) is 2.40. The third-order valence-corrected chi connectivity index (χ3v) is 4.32. The van der Waals surface area contributed by atoms with E-state index in [0.29, 0.717) is 12.1 Å². The summed E-state index contributed by atoms with van der Waals surface area (Å²) in [4.78, 5) is 16.4. The topological polar surface area (TPSA) is 62.2 Å². The molecule has 3 rings (SSSR count). The van der Waals surface area contributed by atoms with Crippen LogP contribution in [-0.2, 0) is 19.4 Å². The number of aromatic nitrogens is 1. The van der Waals surface area contributed by atoms with Gasteiger partial charge in [0.05, 0.1) is 5.56 Å². The summed E-state index contributed by atoms with van der Waals surface area (Å²) >= 11 is 0. The summed E-state index contributed by atoms with van der Waals surface area (Å²) in [5.74, 6) is -0.0803. The van der Waals surface area contributed by atoms with E-state index in [2.05, 4.69) is 10.3 Å². The summed E-state index contributed by atoms with van der Waals surface area (Å²) in [6.07, 6.45) is 7.55. The van der Waals surface area contributed by atoms with Crippen LogP contribution in [0.1, 0.15) is 45.5 Å². The Kier molecular flexibility index (Phi) is 4.09. The van der Waals surface area contributed by atoms with Crippen molar-refractivity contribution in [2.45, 2.75) is 39.2 Å². The maximum atomic E-state index is 12.3. The van der Waals surface area contributed by atoms with E-state index in [1.165, 1.54) is 5.56 Å². The fourth-order valence-electron chi connectivity index (χ4n) is 2.96. The molecule has 0 aliphatic heterocycles. The van der Waals surface area contributed by atoms with E-state index in [0.717, 1.165) is 42.4 Å². The molecule has 0 unspecified atom stereocenters. The molecule has 2 N–H and O–H groups in total. The van der Waals surface area contributed by atoms with E-state index in [-0.39, 0.29) is 11.7 Å². The van der Waals surface area contributed by atoms with Gasteiger partial charge in [0.15, 0.2) is 0 Å². The van der Waals surface area contributed by atoms with E-state index in [1.54, 1.807) is 18.5 Å². The number of phenols is 1. The molecule has 1 aliphatic carbocycles. The fourth-order valence-corrected chi connectivity index (χ4v) is 2.96. The lowest BCUT2D eigenvalue weighted by Crippen LogP contribution is -2.24. The van der Waals surface area contributed by atoms with Crippen LogP contribution in [0.2, 0.25) is 0 Å². The third-order valence-electron chi connectivity index (χ3n) is 4.32. The van der Waals surface area contributed by atoms with Crippen LogP contribution in [0.25, 0.3) is 0 Å². The Labute approximate surface area is 130 Å². The van der Waals surface area contributed by atoms with Gasteiger partial charge in [-0.2, -0.15) is 0 Å². The zero-order valence-corrected chi connectivity index (χ0v) is 12.7. The van der Waals surface area contributed by atoms with E-state index >= 15 is 0 Å². The first-order valence-corrected chi connectivity index (χ1v) is 7.68. The average molecular weight is 296 g/mol. The first kappa shape index (κ1) is 14.6. The van der Waals surface area contributed by atoms with Crippen molar-refractivity contribution in [3.8, 4) is 5.75 Å². The highest BCUT2D eigenvalue weighted by Crippen LogP contribution is 2.31. The van der Waals surface area contributed by atoms with Crippen molar-refractivity contribution in [3.05, 3.63) is 58.4 Å². The van der Waals surface area contributed by atoms with Crippen molar-refractivity contribution in [1.82, 2.24) is 10.3 Å². The minimum Gasteiger partial charge on any atom is -0.507 e. The number of hydrogen-bond donors (Lipinski definition) is 2. The Morgan fingerprint density at radius 3 is 2.91 bits per heavy atom. The van der Waals surface area contributed by atoms with Gasteiger partial charge in [0.1, 0.15) is 5.75 Å². The molecule has 0 radical (unpaired) electrons. The van der Waals surface area contributed by atoms with Crippen LogP contribution < -0.4 is 5.32 Å². The van der Waals surface area contributed by atoms with Crippen LogP contribution in [0.3, 0.4) is 0 Å². The number of fused-ring (bicyclic) bond motifs is 1. The molecule has 0 fully saturated rings. The second-order valence-electron chi connectivity index (χ2n) is 5.79. The van der Waals surface area contributed by atoms with E-state index in [9.17, 15) is 9.90 Å². The van der Waals surface area contributed by atoms with Gasteiger partial charge >= 0.3 is 0 Å². The van der Waals surface area contributed by atoms with Crippen LogP contribution in [-0.4, -0.2) is 16.0 Å². The number of phenolic OH excluding ortho intramolecular Hbond substituents is 1. The van der Waals surface area contributed by atoms with Gasteiger partial charge in [-0.25, -0.2) is 0 Å². The Hall–Kier alpha value is -2.36. The lowest BCUT2D eigenvalue weighted by atomic mass is 9.89. The highest BCUT2D eigenvalue weighted by Gasteiger charge is 2.19. The molecule has 0 saturated heterocycles. The van der Waals surface area contributed by atoms with Gasteiger partial charge in [-0.1, -0.05) is 6.07 Å². The van der Waals surface area contributed by atoms with Crippen LogP contribution in [0.5, 0.6) is 5.75 Å². The predicted octanol–water partition coefficient (Wildman–Crippen LogP) is 2.90. The molecule has 0 saturated carbocycles. The lowest BCUT2D eigenvalue weighted by Gasteiger charge is -2.18. The SMILES string of the molecule is Cc1cnccc1CNC(=O)c1ccc2c(c1O)CCCC2. The number of carbonyl (C=O) groups is 1. The Morgan fingerprint density at radius 1 is 1.27 bits per heavy atom. The molecule has 22 heavy (non-hydrogen) atoms. The first-order chi connectivity index (χ1) is 10.7. The van der Waals surface area contributed by atoms with Crippen LogP contribution in [0, 0.1) is 6.92 Å². The van der Waals surface area contributed by atoms with E-state index in [1.807, 2.05) is 19.1 Å². The van der Waals surface area contributed by atoms with Crippen LogP contribution in [0.15, 0.2) is 30.6 Å². The summed E-state index contributed by atoms with van der Waals surface area (Å²) in [5, 5.41) is 13.3. The van der Waals surface area contributed by atoms with Gasteiger partial charge in [-0.15, -0.1) is 0 Å². The smallest absolute Gasteiger partial charge is 0.255 e. The Balaban J connectivity index is 1.77. The molecule has 0 spiro atoms. The number of amides is 1. The third kappa shape index (κ3) is 2.82. The average Bonchev–Trinajstić information content (AvgIpc) is 2.54. The molecule has 1 aromatic carbocycles. The number of aryl methyl sites for hydroxylation is 2. The Bertz CT molecular complexity index is 710. The molecule has 2 aromatic rings. The number of benzene rings is 1. The molecule has 4 heteroatoms. The van der Waals surface area contributed by atoms with Crippen molar-refractivity contribution in [3.63, 3.8) is 0 Å². The largest absolute Gasteiger partial charge is 0.507 e. The molecule has 1 aliphatic rings. The predicted molar refractivity (Wildman–Crippen MR) is 84.9 cm³/mol. The van der Waals surface area contributed by atoms with E-state index < -0.39 is 0 Å². The van der Waals surface area contributed by atoms with Crippen LogP contribution >= 0.6 is 0 Å². The molecule has 1 heterocycles. The van der Waals surface area contributed by atoms with Gasteiger partial charge in [-0.05, 0) is 67.0 Å². The van der Waals surface area contributed by atoms with Gasteiger partial charge in [0, 0.05) is 18.9 Å². The molecular formula is C18H20N2O2. The quantitative estimate of drug-likeness (QED) is 0.915. The number of carbonyl (C=O) groups excluding carboxylic acids is 1. The molecule has 4 nitrogen and oxygen atoms in total. The van der Waals surface area contributed by atoms with Gasteiger partial charge in [0.2, 0.25) is 0 Å². The number of nitrogens with one attached hydrogen (secondary N) is 1. The van der Waals surface area contributed by atoms with Gasteiger partial charge in [0.25, 0.3) is 5.91 Å². The monoisotopic (exact) mass is 296 g/mol. The maximum Gasteiger partial charge on any atom is 0.255 e. The highest BCUT2D eigenvalue weighted by atomic mass is 16.3. The molecule has 114 valence electrons. The molecule has 1 aromatic heterocycles. The molecular weight excluding hydrogens is 276 g/mol. The zero-order chi connectivity index (χ0) is 15.5. The van der Waals surface area contributed by atoms with Gasteiger partial charge in [-0.3, -0.25) is 9.78 Å². The number of nitrogens with zero attached hydrogens (tertiary/aromatic N) is 1. The fraction of sp³-hybridized carbons (Fsp3) is 0.333. The normalized spacial score (nSPS) is 13.5. The summed E-state index contributed by atoms with van der Waals surface area (Å²) in [6, 6.07) is 5.59. The van der Waals surface area contributed by atoms with Crippen molar-refractivity contribution in [1.29, 1.82) is 0 Å². The van der Waals surface area contributed by atoms with E-state index in [4.69, 9.17) is 0 Å². The summed E-state index contributed by atoms with van der Waals surface area (Å²) in [5.41, 5.74) is 4.55. The maximum absolute atomic E-state index is 12.3. The summed E-state index contributed by atoms with van der Waals surface area (Å²) < 4.78 is 0. The first-order valence-electron chi connectivity index (χ1n) is 7.68. The van der Waals surface area contributed by atoms with Crippen LogP contribution in [0.4, 0.5) is 0 Å². The highest BCUT2D eigenvalue weighted by molar-refractivity contribution is 5.97. The van der Waals surface area contributed by atoms with Crippen molar-refractivity contribution in [2.75, 3.05) is 0 Å². The second-order valence-corrected chi connectivity index (χ2v) is 5.79. The summed E-state index contributed by atoms with van der Waals surface area (Å²) in [7, 11) is 0. The lowest BCUT2D eigenvalue weighted by molar-refractivity contribution is 0.0948. The number of hydrogen-bond acceptors (Lipinski definition) is 3. The minimum atomic E-state index is -0.234. The number of pyridine rings is 1. The number of rotatable bonds is 3. The van der Waals surface area contributed by atoms with Crippen molar-refractivity contribution in [2.24, 2.45) is 0 Å². The zero-order valence-electron chi connectivity index (χ0n) is 12.7. The number of aromatic hydroxyl groups is 1. The molecule has 0 bridgehead atoms. The molecule has 0 atom stereocenters. The second kappa shape index (κ2) is 6.18.